The molecule has 0 aromatic heterocycles. The molecule has 1 atom stereocenters. The molecule has 1 spiro atoms. The summed E-state index contributed by atoms with van der Waals surface area (Å²) in [5, 5.41) is 9.34. The molecule has 0 aromatic carbocycles. The van der Waals surface area contributed by atoms with Gasteiger partial charge in [0.25, 0.3) is 0 Å². The molecule has 1 unspecified atom stereocenters. The second-order valence-corrected chi connectivity index (χ2v) is 7.97. The van der Waals surface area contributed by atoms with Crippen molar-refractivity contribution in [3.8, 4) is 6.07 Å². The van der Waals surface area contributed by atoms with Crippen molar-refractivity contribution >= 4 is 11.8 Å². The van der Waals surface area contributed by atoms with Gasteiger partial charge in [-0.15, -0.1) is 11.8 Å². The van der Waals surface area contributed by atoms with Crippen LogP contribution in [0.2, 0.25) is 0 Å². The lowest BCUT2D eigenvalue weighted by Gasteiger charge is -2.37. The quantitative estimate of drug-likeness (QED) is 0.801. The zero-order valence-corrected chi connectivity index (χ0v) is 13.4. The largest absolute Gasteiger partial charge is 0.370 e. The van der Waals surface area contributed by atoms with Crippen molar-refractivity contribution in [2.24, 2.45) is 0 Å². The predicted molar refractivity (Wildman–Crippen MR) is 82.8 cm³/mol. The number of hydrogen-bond acceptors (Lipinski definition) is 4. The van der Waals surface area contributed by atoms with Gasteiger partial charge >= 0.3 is 0 Å². The first-order valence-corrected chi connectivity index (χ1v) is 9.28. The molecule has 2 aliphatic heterocycles. The Morgan fingerprint density at radius 2 is 1.90 bits per heavy atom. The fraction of sp³-hybridized carbons (Fsp3) is 0.938. The molecule has 0 bridgehead atoms. The number of hydrogen-bond donors (Lipinski definition) is 0. The highest BCUT2D eigenvalue weighted by Crippen LogP contribution is 2.43. The first kappa shape index (κ1) is 14.7. The number of likely N-dealkylation sites (tertiary alicyclic amines) is 1. The van der Waals surface area contributed by atoms with E-state index in [1.165, 1.54) is 38.5 Å². The van der Waals surface area contributed by atoms with E-state index in [-0.39, 0.29) is 10.3 Å². The molecule has 0 aromatic rings. The molecule has 3 nitrogen and oxygen atoms in total. The van der Waals surface area contributed by atoms with Gasteiger partial charge in [-0.1, -0.05) is 12.8 Å². The van der Waals surface area contributed by atoms with Gasteiger partial charge < -0.3 is 9.64 Å². The minimum atomic E-state index is -0.125. The summed E-state index contributed by atoms with van der Waals surface area (Å²) in [6, 6.07) is 2.53. The van der Waals surface area contributed by atoms with Gasteiger partial charge in [0.15, 0.2) is 0 Å². The highest BCUT2D eigenvalue weighted by atomic mass is 32.2. The van der Waals surface area contributed by atoms with E-state index in [2.05, 4.69) is 17.2 Å². The molecule has 2 heterocycles. The fourth-order valence-electron chi connectivity index (χ4n) is 4.16. The molecule has 20 heavy (non-hydrogen) atoms. The Hall–Kier alpha value is -0.240. The first-order chi connectivity index (χ1) is 9.69. The molecule has 3 rings (SSSR count). The van der Waals surface area contributed by atoms with Crippen LogP contribution in [0.25, 0.3) is 0 Å². The van der Waals surface area contributed by atoms with Gasteiger partial charge in [0.1, 0.15) is 4.75 Å². The molecule has 1 saturated carbocycles. The summed E-state index contributed by atoms with van der Waals surface area (Å²) in [6.45, 7) is 3.19. The summed E-state index contributed by atoms with van der Waals surface area (Å²) in [7, 11) is 0. The summed E-state index contributed by atoms with van der Waals surface area (Å²) in [5.41, 5.74) is 0.260. The van der Waals surface area contributed by atoms with Crippen molar-refractivity contribution < 1.29 is 4.74 Å². The first-order valence-electron chi connectivity index (χ1n) is 8.06. The van der Waals surface area contributed by atoms with Crippen molar-refractivity contribution in [2.75, 3.05) is 25.9 Å². The van der Waals surface area contributed by atoms with Gasteiger partial charge in [-0.2, -0.15) is 5.26 Å². The normalized spacial score (nSPS) is 32.5. The van der Waals surface area contributed by atoms with Crippen LogP contribution in [0.4, 0.5) is 0 Å². The molecule has 112 valence electrons. The van der Waals surface area contributed by atoms with Gasteiger partial charge in [0.2, 0.25) is 0 Å². The maximum absolute atomic E-state index is 9.34. The highest BCUT2D eigenvalue weighted by Gasteiger charge is 2.43. The van der Waals surface area contributed by atoms with E-state index in [4.69, 9.17) is 4.74 Å². The van der Waals surface area contributed by atoms with Crippen LogP contribution < -0.4 is 0 Å². The van der Waals surface area contributed by atoms with Gasteiger partial charge in [-0.3, -0.25) is 0 Å². The Bertz CT molecular complexity index is 378. The average Bonchev–Trinajstić information content (AvgIpc) is 3.11. The number of rotatable bonds is 3. The lowest BCUT2D eigenvalue weighted by atomic mass is 9.96. The lowest BCUT2D eigenvalue weighted by molar-refractivity contribution is -0.0489. The van der Waals surface area contributed by atoms with Crippen LogP contribution in [0, 0.1) is 11.3 Å². The summed E-state index contributed by atoms with van der Waals surface area (Å²) in [5.74, 6) is 0. The Morgan fingerprint density at radius 1 is 1.20 bits per heavy atom. The third-order valence-corrected chi connectivity index (χ3v) is 6.85. The minimum absolute atomic E-state index is 0.125. The summed E-state index contributed by atoms with van der Waals surface area (Å²) >= 11 is 1.73. The van der Waals surface area contributed by atoms with E-state index in [0.717, 1.165) is 32.5 Å². The van der Waals surface area contributed by atoms with Crippen molar-refractivity contribution in [2.45, 2.75) is 67.8 Å². The van der Waals surface area contributed by atoms with E-state index in [1.807, 2.05) is 0 Å². The molecule has 3 fully saturated rings. The van der Waals surface area contributed by atoms with E-state index in [9.17, 15) is 5.26 Å². The third-order valence-electron chi connectivity index (χ3n) is 5.57. The maximum Gasteiger partial charge on any atom is 0.104 e. The number of thioether (sulfide) groups is 1. The van der Waals surface area contributed by atoms with Gasteiger partial charge in [-0.05, 0) is 44.8 Å². The molecule has 0 amide bonds. The molecule has 2 saturated heterocycles. The van der Waals surface area contributed by atoms with Gasteiger partial charge in [0.05, 0.1) is 17.8 Å². The minimum Gasteiger partial charge on any atom is -0.370 e. The monoisotopic (exact) mass is 294 g/mol. The molecular formula is C16H26N2OS. The second-order valence-electron chi connectivity index (χ2n) is 6.78. The van der Waals surface area contributed by atoms with Gasteiger partial charge in [-0.25, -0.2) is 0 Å². The molecule has 0 N–H and O–H groups in total. The third kappa shape index (κ3) is 2.86. The van der Waals surface area contributed by atoms with Crippen molar-refractivity contribution in [1.82, 2.24) is 4.90 Å². The summed E-state index contributed by atoms with van der Waals surface area (Å²) in [6.07, 6.45) is 12.3. The zero-order chi connectivity index (χ0) is 14.1. The van der Waals surface area contributed by atoms with Crippen molar-refractivity contribution in [1.29, 1.82) is 5.26 Å². The summed E-state index contributed by atoms with van der Waals surface area (Å²) in [4.78, 5) is 2.52. The predicted octanol–water partition coefficient (Wildman–Crippen LogP) is 3.20. The van der Waals surface area contributed by atoms with Crippen LogP contribution in [0.5, 0.6) is 0 Å². The van der Waals surface area contributed by atoms with Crippen LogP contribution in [0.1, 0.15) is 51.4 Å². The number of nitrogens with zero attached hydrogens (tertiary/aromatic N) is 2. The molecular weight excluding hydrogens is 268 g/mol. The molecule has 0 radical (unpaired) electrons. The highest BCUT2D eigenvalue weighted by molar-refractivity contribution is 8.00. The van der Waals surface area contributed by atoms with E-state index in [0.29, 0.717) is 6.10 Å². The Labute approximate surface area is 127 Å². The van der Waals surface area contributed by atoms with E-state index < -0.39 is 0 Å². The molecule has 3 aliphatic rings. The van der Waals surface area contributed by atoms with Crippen LogP contribution >= 0.6 is 11.8 Å². The number of ether oxygens (including phenoxy) is 1. The zero-order valence-electron chi connectivity index (χ0n) is 12.6. The van der Waals surface area contributed by atoms with E-state index >= 15 is 0 Å². The standard InChI is InChI=1S/C16H26N2OS/c1-20-16(13-17)8-10-18(11-9-16)12-14-4-7-15(19-14)5-2-3-6-15/h14H,2-12H2,1H3. The van der Waals surface area contributed by atoms with Crippen LogP contribution in [0.15, 0.2) is 0 Å². The maximum atomic E-state index is 9.34. The second kappa shape index (κ2) is 5.87. The lowest BCUT2D eigenvalue weighted by Crippen LogP contribution is -2.44. The molecule has 1 aliphatic carbocycles. The SMILES string of the molecule is CSC1(C#N)CCN(CC2CCC3(CCCC3)O2)CC1. The number of piperidine rings is 1. The number of nitriles is 1. The average molecular weight is 294 g/mol. The van der Waals surface area contributed by atoms with Crippen LogP contribution in [-0.2, 0) is 4.74 Å². The fourth-order valence-corrected chi connectivity index (χ4v) is 4.84. The van der Waals surface area contributed by atoms with E-state index in [1.54, 1.807) is 11.8 Å². The Morgan fingerprint density at radius 3 is 2.50 bits per heavy atom. The Balaban J connectivity index is 1.48. The van der Waals surface area contributed by atoms with Crippen LogP contribution in [-0.4, -0.2) is 47.2 Å². The Kier molecular flexibility index (Phi) is 4.31. The summed E-state index contributed by atoms with van der Waals surface area (Å²) < 4.78 is 6.28. The van der Waals surface area contributed by atoms with Crippen molar-refractivity contribution in [3.05, 3.63) is 0 Å². The topological polar surface area (TPSA) is 36.3 Å². The molecule has 4 heteroatoms. The smallest absolute Gasteiger partial charge is 0.104 e. The van der Waals surface area contributed by atoms with Gasteiger partial charge in [0, 0.05) is 19.6 Å². The van der Waals surface area contributed by atoms with Crippen LogP contribution in [0.3, 0.4) is 0 Å². The van der Waals surface area contributed by atoms with Crippen molar-refractivity contribution in [3.63, 3.8) is 0 Å².